The molecule has 0 aliphatic rings. The molecule has 2 aromatic carbocycles. The Labute approximate surface area is 156 Å². The summed E-state index contributed by atoms with van der Waals surface area (Å²) in [4.78, 5) is 11.9. The third-order valence-corrected chi connectivity index (χ3v) is 3.68. The topological polar surface area (TPSA) is 76.7 Å². The molecule has 0 aliphatic carbocycles. The summed E-state index contributed by atoms with van der Waals surface area (Å²) in [6.07, 6.45) is 1.64. The van der Waals surface area contributed by atoms with E-state index in [1.807, 2.05) is 13.8 Å². The smallest absolute Gasteiger partial charge is 0.244 e. The second-order valence-electron chi connectivity index (χ2n) is 5.69. The van der Waals surface area contributed by atoms with Gasteiger partial charge in [0.05, 0.1) is 28.8 Å². The predicted molar refractivity (Wildman–Crippen MR) is 103 cm³/mol. The van der Waals surface area contributed by atoms with Crippen LogP contribution in [0.1, 0.15) is 25.0 Å². The minimum atomic E-state index is -0.238. The van der Waals surface area contributed by atoms with Gasteiger partial charge in [-0.25, -0.2) is 5.43 Å². The first-order valence-corrected chi connectivity index (χ1v) is 8.42. The molecule has 2 rings (SSSR count). The largest absolute Gasteiger partial charge is 0.488 e. The summed E-state index contributed by atoms with van der Waals surface area (Å²) in [6, 6.07) is 10.4. The highest BCUT2D eigenvalue weighted by Crippen LogP contribution is 2.34. The number of amides is 1. The summed E-state index contributed by atoms with van der Waals surface area (Å²) in [5.74, 6) is 0.195. The standard InChI is InChI=1S/C18H19Cl2N3O2/c1-11(2)25-18-15(19)7-13(8-16(18)20)10-22-23-17(24)9-12-3-5-14(21)6-4-12/h3-8,10-11H,9,21H2,1-2H3,(H,23,24)/b22-10-. The molecule has 0 unspecified atom stereocenters. The van der Waals surface area contributed by atoms with Crippen molar-refractivity contribution in [1.29, 1.82) is 0 Å². The van der Waals surface area contributed by atoms with Gasteiger partial charge in [0.15, 0.2) is 5.75 Å². The Morgan fingerprint density at radius 3 is 2.40 bits per heavy atom. The first-order valence-electron chi connectivity index (χ1n) is 7.67. The van der Waals surface area contributed by atoms with Crippen LogP contribution in [0.3, 0.4) is 0 Å². The summed E-state index contributed by atoms with van der Waals surface area (Å²) in [6.45, 7) is 3.78. The van der Waals surface area contributed by atoms with Crippen molar-refractivity contribution in [3.63, 3.8) is 0 Å². The fourth-order valence-corrected chi connectivity index (χ4v) is 2.63. The van der Waals surface area contributed by atoms with Gasteiger partial charge in [-0.15, -0.1) is 0 Å². The van der Waals surface area contributed by atoms with E-state index in [1.54, 1.807) is 36.4 Å². The maximum atomic E-state index is 11.9. The molecular formula is C18H19Cl2N3O2. The number of hydrogen-bond donors (Lipinski definition) is 2. The van der Waals surface area contributed by atoms with Gasteiger partial charge in [-0.2, -0.15) is 5.10 Å². The number of nitrogens with zero attached hydrogens (tertiary/aromatic N) is 1. The average molecular weight is 380 g/mol. The monoisotopic (exact) mass is 379 g/mol. The molecule has 2 aromatic rings. The van der Waals surface area contributed by atoms with Crippen molar-refractivity contribution in [1.82, 2.24) is 5.43 Å². The van der Waals surface area contributed by atoms with E-state index in [0.717, 1.165) is 5.56 Å². The minimum Gasteiger partial charge on any atom is -0.488 e. The molecule has 0 bridgehead atoms. The van der Waals surface area contributed by atoms with Crippen molar-refractivity contribution in [2.45, 2.75) is 26.4 Å². The second-order valence-corrected chi connectivity index (χ2v) is 6.51. The van der Waals surface area contributed by atoms with Crippen LogP contribution in [-0.4, -0.2) is 18.2 Å². The van der Waals surface area contributed by atoms with Crippen LogP contribution in [0.2, 0.25) is 10.0 Å². The lowest BCUT2D eigenvalue weighted by molar-refractivity contribution is -0.120. The van der Waals surface area contributed by atoms with Crippen molar-refractivity contribution in [3.05, 3.63) is 57.6 Å². The number of hydrogen-bond acceptors (Lipinski definition) is 4. The third-order valence-electron chi connectivity index (χ3n) is 3.12. The first-order chi connectivity index (χ1) is 11.8. The van der Waals surface area contributed by atoms with Gasteiger partial charge in [-0.3, -0.25) is 4.79 Å². The van der Waals surface area contributed by atoms with Gasteiger partial charge in [0.2, 0.25) is 5.91 Å². The van der Waals surface area contributed by atoms with Gasteiger partial charge in [0, 0.05) is 5.69 Å². The van der Waals surface area contributed by atoms with Crippen molar-refractivity contribution >= 4 is 41.0 Å². The van der Waals surface area contributed by atoms with E-state index >= 15 is 0 Å². The van der Waals surface area contributed by atoms with Gasteiger partial charge in [0.1, 0.15) is 0 Å². The van der Waals surface area contributed by atoms with Gasteiger partial charge in [0.25, 0.3) is 0 Å². The molecule has 1 amide bonds. The first kappa shape index (κ1) is 19.1. The number of anilines is 1. The Morgan fingerprint density at radius 2 is 1.84 bits per heavy atom. The lowest BCUT2D eigenvalue weighted by Gasteiger charge is -2.13. The maximum absolute atomic E-state index is 11.9. The van der Waals surface area contributed by atoms with E-state index in [2.05, 4.69) is 10.5 Å². The van der Waals surface area contributed by atoms with E-state index in [4.69, 9.17) is 33.7 Å². The predicted octanol–water partition coefficient (Wildman–Crippen LogP) is 4.06. The number of carbonyl (C=O) groups excluding carboxylic acids is 1. The highest BCUT2D eigenvalue weighted by Gasteiger charge is 2.10. The number of rotatable bonds is 6. The Balaban J connectivity index is 1.97. The van der Waals surface area contributed by atoms with E-state index < -0.39 is 0 Å². The Morgan fingerprint density at radius 1 is 1.24 bits per heavy atom. The molecule has 0 aromatic heterocycles. The van der Waals surface area contributed by atoms with E-state index in [1.165, 1.54) is 6.21 Å². The molecule has 0 saturated carbocycles. The zero-order valence-electron chi connectivity index (χ0n) is 13.9. The molecule has 0 heterocycles. The number of carbonyl (C=O) groups is 1. The van der Waals surface area contributed by atoms with E-state index in [-0.39, 0.29) is 18.4 Å². The minimum absolute atomic E-state index is 0.0397. The SMILES string of the molecule is CC(C)Oc1c(Cl)cc(/C=N\NC(=O)Cc2ccc(N)cc2)cc1Cl. The lowest BCUT2D eigenvalue weighted by atomic mass is 10.1. The molecule has 0 spiro atoms. The van der Waals surface area contributed by atoms with Crippen molar-refractivity contribution in [2.75, 3.05) is 5.73 Å². The number of hydrazone groups is 1. The maximum Gasteiger partial charge on any atom is 0.244 e. The zero-order chi connectivity index (χ0) is 18.4. The number of halogens is 2. The van der Waals surface area contributed by atoms with Crippen LogP contribution in [0.25, 0.3) is 0 Å². The Hall–Kier alpha value is -2.24. The van der Waals surface area contributed by atoms with Crippen LogP contribution < -0.4 is 15.9 Å². The molecule has 0 saturated heterocycles. The van der Waals surface area contributed by atoms with Crippen LogP contribution >= 0.6 is 23.2 Å². The molecule has 25 heavy (non-hydrogen) atoms. The summed E-state index contributed by atoms with van der Waals surface area (Å²) in [5, 5.41) is 4.69. The summed E-state index contributed by atoms with van der Waals surface area (Å²) < 4.78 is 5.56. The summed E-state index contributed by atoms with van der Waals surface area (Å²) >= 11 is 12.3. The highest BCUT2D eigenvalue weighted by molar-refractivity contribution is 6.37. The zero-order valence-corrected chi connectivity index (χ0v) is 15.4. The van der Waals surface area contributed by atoms with Crippen LogP contribution in [0.15, 0.2) is 41.5 Å². The Kier molecular flexibility index (Phi) is 6.67. The van der Waals surface area contributed by atoms with E-state index in [9.17, 15) is 4.79 Å². The molecule has 132 valence electrons. The quantitative estimate of drug-likeness (QED) is 0.451. The molecule has 7 heteroatoms. The number of benzene rings is 2. The lowest BCUT2D eigenvalue weighted by Crippen LogP contribution is -2.19. The number of nitrogens with one attached hydrogen (secondary N) is 1. The van der Waals surface area contributed by atoms with Crippen molar-refractivity contribution in [3.8, 4) is 5.75 Å². The summed E-state index contributed by atoms with van der Waals surface area (Å²) in [5.41, 5.74) is 10.2. The van der Waals surface area contributed by atoms with Gasteiger partial charge in [-0.1, -0.05) is 35.3 Å². The molecule has 3 N–H and O–H groups in total. The fourth-order valence-electron chi connectivity index (χ4n) is 2.04. The molecular weight excluding hydrogens is 361 g/mol. The van der Waals surface area contributed by atoms with Gasteiger partial charge >= 0.3 is 0 Å². The summed E-state index contributed by atoms with van der Waals surface area (Å²) in [7, 11) is 0. The molecule has 0 radical (unpaired) electrons. The number of ether oxygens (including phenoxy) is 1. The van der Waals surface area contributed by atoms with Crippen molar-refractivity contribution in [2.24, 2.45) is 5.10 Å². The van der Waals surface area contributed by atoms with Crippen molar-refractivity contribution < 1.29 is 9.53 Å². The average Bonchev–Trinajstić information content (AvgIpc) is 2.53. The van der Waals surface area contributed by atoms with Gasteiger partial charge in [-0.05, 0) is 49.2 Å². The normalized spacial score (nSPS) is 11.1. The molecule has 5 nitrogen and oxygen atoms in total. The van der Waals surface area contributed by atoms with Crippen LogP contribution in [0.4, 0.5) is 5.69 Å². The number of nitrogens with two attached hydrogens (primary N) is 1. The molecule has 0 fully saturated rings. The molecule has 0 atom stereocenters. The molecule has 0 aliphatic heterocycles. The third kappa shape index (κ3) is 5.96. The van der Waals surface area contributed by atoms with Crippen LogP contribution in [-0.2, 0) is 11.2 Å². The second kappa shape index (κ2) is 8.74. The Bertz CT molecular complexity index is 751. The fraction of sp³-hybridized carbons (Fsp3) is 0.222. The van der Waals surface area contributed by atoms with E-state index in [0.29, 0.717) is 27.0 Å². The van der Waals surface area contributed by atoms with Crippen LogP contribution in [0, 0.1) is 0 Å². The van der Waals surface area contributed by atoms with Gasteiger partial charge < -0.3 is 10.5 Å². The number of nitrogen functional groups attached to an aromatic ring is 1. The van der Waals surface area contributed by atoms with Crippen LogP contribution in [0.5, 0.6) is 5.75 Å². The highest BCUT2D eigenvalue weighted by atomic mass is 35.5.